The monoisotopic (exact) mass is 251 g/mol. The third-order valence-corrected chi connectivity index (χ3v) is 2.97. The Balaban J connectivity index is 2.32. The summed E-state index contributed by atoms with van der Waals surface area (Å²) in [4.78, 5) is 15.9. The largest absolute Gasteiger partial charge is 0.328 e. The van der Waals surface area contributed by atoms with E-state index in [0.717, 1.165) is 5.56 Å². The number of halogens is 1. The molecule has 0 aliphatic heterocycles. The molecule has 2 rings (SSSR count). The molecule has 0 N–H and O–H groups in total. The lowest BCUT2D eigenvalue weighted by Crippen LogP contribution is -2.25. The van der Waals surface area contributed by atoms with Gasteiger partial charge in [0.05, 0.1) is 11.6 Å². The minimum Gasteiger partial charge on any atom is -0.297 e. The van der Waals surface area contributed by atoms with E-state index < -0.39 is 0 Å². The van der Waals surface area contributed by atoms with Gasteiger partial charge in [-0.3, -0.25) is 14.1 Å². The fourth-order valence-corrected chi connectivity index (χ4v) is 1.84. The quantitative estimate of drug-likeness (QED) is 0.840. The first-order valence-corrected chi connectivity index (χ1v) is 5.83. The van der Waals surface area contributed by atoms with Crippen LogP contribution < -0.4 is 5.69 Å². The Morgan fingerprint density at radius 2 is 2.18 bits per heavy atom. The summed E-state index contributed by atoms with van der Waals surface area (Å²) in [5, 5.41) is 0.580. The van der Waals surface area contributed by atoms with Crippen molar-refractivity contribution in [3.05, 3.63) is 51.9 Å². The first-order chi connectivity index (χ1) is 8.09. The number of pyridine rings is 1. The molecule has 0 radical (unpaired) electrons. The maximum atomic E-state index is 12.0. The van der Waals surface area contributed by atoms with Crippen molar-refractivity contribution in [2.45, 2.75) is 26.4 Å². The zero-order chi connectivity index (χ0) is 12.4. The molecule has 90 valence electrons. The maximum absolute atomic E-state index is 12.0. The molecule has 0 unspecified atom stereocenters. The molecule has 0 atom stereocenters. The Hall–Kier alpha value is -1.55. The number of rotatable bonds is 3. The van der Waals surface area contributed by atoms with Crippen molar-refractivity contribution in [2.24, 2.45) is 0 Å². The summed E-state index contributed by atoms with van der Waals surface area (Å²) >= 11 is 6.01. The molecule has 0 saturated carbocycles. The number of aromatic nitrogens is 3. The number of imidazole rings is 1. The molecule has 0 spiro atoms. The van der Waals surface area contributed by atoms with E-state index in [2.05, 4.69) is 4.98 Å². The van der Waals surface area contributed by atoms with Gasteiger partial charge in [-0.15, -0.1) is 0 Å². The summed E-state index contributed by atoms with van der Waals surface area (Å²) < 4.78 is 3.33. The SMILES string of the molecule is CC(C)n1ccn(Cc2ccncc2Cl)c1=O. The van der Waals surface area contributed by atoms with Crippen molar-refractivity contribution in [2.75, 3.05) is 0 Å². The van der Waals surface area contributed by atoms with Gasteiger partial charge in [0.1, 0.15) is 0 Å². The van der Waals surface area contributed by atoms with E-state index >= 15 is 0 Å². The van der Waals surface area contributed by atoms with Crippen LogP contribution in [0.1, 0.15) is 25.5 Å². The van der Waals surface area contributed by atoms with Crippen LogP contribution in [0.3, 0.4) is 0 Å². The predicted molar refractivity (Wildman–Crippen MR) is 67.4 cm³/mol. The molecule has 0 amide bonds. The smallest absolute Gasteiger partial charge is 0.297 e. The zero-order valence-corrected chi connectivity index (χ0v) is 10.6. The number of hydrogen-bond acceptors (Lipinski definition) is 2. The fraction of sp³-hybridized carbons (Fsp3) is 0.333. The van der Waals surface area contributed by atoms with Crippen LogP contribution in [0.15, 0.2) is 35.6 Å². The normalized spacial score (nSPS) is 11.1. The molecule has 0 saturated heterocycles. The van der Waals surface area contributed by atoms with Crippen LogP contribution in [0.2, 0.25) is 5.02 Å². The van der Waals surface area contributed by atoms with Gasteiger partial charge in [-0.25, -0.2) is 4.79 Å². The standard InChI is InChI=1S/C12H14ClN3O/c1-9(2)16-6-5-15(12(16)17)8-10-3-4-14-7-11(10)13/h3-7,9H,8H2,1-2H3. The van der Waals surface area contributed by atoms with Crippen molar-refractivity contribution < 1.29 is 0 Å². The second-order valence-corrected chi connectivity index (χ2v) is 4.58. The van der Waals surface area contributed by atoms with Crippen LogP contribution in [-0.4, -0.2) is 14.1 Å². The average molecular weight is 252 g/mol. The summed E-state index contributed by atoms with van der Waals surface area (Å²) in [6.07, 6.45) is 6.83. The molecule has 0 bridgehead atoms. The highest BCUT2D eigenvalue weighted by Crippen LogP contribution is 2.14. The lowest BCUT2D eigenvalue weighted by atomic mass is 10.3. The zero-order valence-electron chi connectivity index (χ0n) is 9.80. The molecule has 2 heterocycles. The Kier molecular flexibility index (Phi) is 3.33. The van der Waals surface area contributed by atoms with Gasteiger partial charge in [0.15, 0.2) is 0 Å². The molecular weight excluding hydrogens is 238 g/mol. The third kappa shape index (κ3) is 2.42. The molecular formula is C12H14ClN3O. The van der Waals surface area contributed by atoms with E-state index in [4.69, 9.17) is 11.6 Å². The molecule has 17 heavy (non-hydrogen) atoms. The van der Waals surface area contributed by atoms with Gasteiger partial charge in [-0.05, 0) is 25.5 Å². The Morgan fingerprint density at radius 3 is 2.76 bits per heavy atom. The molecule has 4 nitrogen and oxygen atoms in total. The van der Waals surface area contributed by atoms with Gasteiger partial charge < -0.3 is 0 Å². The van der Waals surface area contributed by atoms with E-state index in [1.807, 2.05) is 19.9 Å². The maximum Gasteiger partial charge on any atom is 0.328 e. The van der Waals surface area contributed by atoms with Crippen LogP contribution >= 0.6 is 11.6 Å². The Bertz CT molecular complexity index is 571. The van der Waals surface area contributed by atoms with Crippen LogP contribution in [0.4, 0.5) is 0 Å². The van der Waals surface area contributed by atoms with E-state index in [0.29, 0.717) is 11.6 Å². The highest BCUT2D eigenvalue weighted by Gasteiger charge is 2.07. The molecule has 0 fully saturated rings. The lowest BCUT2D eigenvalue weighted by Gasteiger charge is -2.06. The van der Waals surface area contributed by atoms with Crippen molar-refractivity contribution in [3.8, 4) is 0 Å². The minimum atomic E-state index is -0.0205. The van der Waals surface area contributed by atoms with Crippen molar-refractivity contribution in [1.82, 2.24) is 14.1 Å². The molecule has 2 aromatic heterocycles. The van der Waals surface area contributed by atoms with E-state index in [1.165, 1.54) is 0 Å². The molecule has 0 aliphatic carbocycles. The second-order valence-electron chi connectivity index (χ2n) is 4.18. The van der Waals surface area contributed by atoms with Crippen LogP contribution in [0.5, 0.6) is 0 Å². The summed E-state index contributed by atoms with van der Waals surface area (Å²) in [5.74, 6) is 0. The highest BCUT2D eigenvalue weighted by molar-refractivity contribution is 6.31. The minimum absolute atomic E-state index is 0.0205. The van der Waals surface area contributed by atoms with Crippen molar-refractivity contribution in [1.29, 1.82) is 0 Å². The highest BCUT2D eigenvalue weighted by atomic mass is 35.5. The summed E-state index contributed by atoms with van der Waals surface area (Å²) in [6.45, 7) is 4.43. The third-order valence-electron chi connectivity index (χ3n) is 2.63. The van der Waals surface area contributed by atoms with E-state index in [9.17, 15) is 4.79 Å². The molecule has 0 aromatic carbocycles. The van der Waals surface area contributed by atoms with Crippen molar-refractivity contribution in [3.63, 3.8) is 0 Å². The van der Waals surface area contributed by atoms with Crippen LogP contribution in [0, 0.1) is 0 Å². The predicted octanol–water partition coefficient (Wildman–Crippen LogP) is 2.33. The van der Waals surface area contributed by atoms with Crippen LogP contribution in [-0.2, 0) is 6.54 Å². The van der Waals surface area contributed by atoms with E-state index in [1.54, 1.807) is 33.9 Å². The lowest BCUT2D eigenvalue weighted by molar-refractivity contribution is 0.561. The van der Waals surface area contributed by atoms with Crippen LogP contribution in [0.25, 0.3) is 0 Å². The van der Waals surface area contributed by atoms with Gasteiger partial charge in [0.2, 0.25) is 0 Å². The molecule has 0 aliphatic rings. The Labute approximate surface area is 104 Å². The van der Waals surface area contributed by atoms with Crippen molar-refractivity contribution >= 4 is 11.6 Å². The first kappa shape index (κ1) is 11.9. The van der Waals surface area contributed by atoms with Gasteiger partial charge in [0.25, 0.3) is 0 Å². The number of nitrogens with zero attached hydrogens (tertiary/aromatic N) is 3. The summed E-state index contributed by atoms with van der Waals surface area (Å²) in [5.41, 5.74) is 0.873. The second kappa shape index (κ2) is 4.75. The fourth-order valence-electron chi connectivity index (χ4n) is 1.66. The summed E-state index contributed by atoms with van der Waals surface area (Å²) in [6, 6.07) is 1.98. The van der Waals surface area contributed by atoms with Gasteiger partial charge >= 0.3 is 5.69 Å². The topological polar surface area (TPSA) is 39.8 Å². The molecule has 5 heteroatoms. The average Bonchev–Trinajstić information content (AvgIpc) is 2.64. The first-order valence-electron chi connectivity index (χ1n) is 5.45. The van der Waals surface area contributed by atoms with E-state index in [-0.39, 0.29) is 11.7 Å². The van der Waals surface area contributed by atoms with Gasteiger partial charge in [-0.2, -0.15) is 0 Å². The summed E-state index contributed by atoms with van der Waals surface area (Å²) in [7, 11) is 0. The van der Waals surface area contributed by atoms with Gasteiger partial charge in [-0.1, -0.05) is 11.6 Å². The molecule has 2 aromatic rings. The Morgan fingerprint density at radius 1 is 1.41 bits per heavy atom. The van der Waals surface area contributed by atoms with Gasteiger partial charge in [0, 0.05) is 30.8 Å². The number of hydrogen-bond donors (Lipinski definition) is 0.